The highest BCUT2D eigenvalue weighted by molar-refractivity contribution is 6.31. The first-order chi connectivity index (χ1) is 11.1. The highest BCUT2D eigenvalue weighted by atomic mass is 35.5. The zero-order chi connectivity index (χ0) is 16.7. The fourth-order valence-corrected chi connectivity index (χ4v) is 2.27. The molecule has 5 heteroatoms. The summed E-state index contributed by atoms with van der Waals surface area (Å²) in [4.78, 5) is 23.8. The van der Waals surface area contributed by atoms with Crippen LogP contribution in [0.5, 0.6) is 0 Å². The summed E-state index contributed by atoms with van der Waals surface area (Å²) in [5.74, 6) is -0.221. The van der Waals surface area contributed by atoms with E-state index in [1.807, 2.05) is 31.2 Å². The topological polar surface area (TPSA) is 58.2 Å². The summed E-state index contributed by atoms with van der Waals surface area (Å²) in [7, 11) is 0. The van der Waals surface area contributed by atoms with Crippen LogP contribution < -0.4 is 10.6 Å². The number of nitrogens with one attached hydrogen (secondary N) is 2. The van der Waals surface area contributed by atoms with Gasteiger partial charge in [-0.2, -0.15) is 0 Å². The average Bonchev–Trinajstić information content (AvgIpc) is 2.56. The van der Waals surface area contributed by atoms with Crippen LogP contribution in [-0.4, -0.2) is 18.4 Å². The predicted octanol–water partition coefficient (Wildman–Crippen LogP) is 3.80. The number of hydrogen-bond donors (Lipinski definition) is 2. The van der Waals surface area contributed by atoms with Gasteiger partial charge in [0, 0.05) is 29.2 Å². The number of hydrogen-bond acceptors (Lipinski definition) is 2. The molecule has 0 aromatic heterocycles. The average molecular weight is 331 g/mol. The summed E-state index contributed by atoms with van der Waals surface area (Å²) in [5.41, 5.74) is 2.18. The van der Waals surface area contributed by atoms with E-state index in [-0.39, 0.29) is 11.8 Å². The Labute approximate surface area is 140 Å². The van der Waals surface area contributed by atoms with Gasteiger partial charge in [0.2, 0.25) is 5.91 Å². The highest BCUT2D eigenvalue weighted by Gasteiger charge is 2.07. The number of amides is 2. The Morgan fingerprint density at radius 1 is 1.04 bits per heavy atom. The van der Waals surface area contributed by atoms with Gasteiger partial charge in [0.1, 0.15) is 0 Å². The molecule has 0 unspecified atom stereocenters. The zero-order valence-corrected chi connectivity index (χ0v) is 13.7. The van der Waals surface area contributed by atoms with E-state index in [0.717, 1.165) is 11.3 Å². The standard InChI is InChI=1S/C18H19ClN2O2/c1-13-15(19)9-5-10-16(13)21-17(22)11-6-12-20-18(23)14-7-3-2-4-8-14/h2-5,7-10H,6,11-12H2,1H3,(H,20,23)(H,21,22). The molecule has 0 saturated heterocycles. The van der Waals surface area contributed by atoms with Crippen LogP contribution in [0.4, 0.5) is 5.69 Å². The lowest BCUT2D eigenvalue weighted by molar-refractivity contribution is -0.116. The molecule has 2 aromatic carbocycles. The van der Waals surface area contributed by atoms with Crippen LogP contribution in [0.1, 0.15) is 28.8 Å². The quantitative estimate of drug-likeness (QED) is 0.791. The van der Waals surface area contributed by atoms with Crippen molar-refractivity contribution in [3.63, 3.8) is 0 Å². The van der Waals surface area contributed by atoms with E-state index in [9.17, 15) is 9.59 Å². The van der Waals surface area contributed by atoms with E-state index in [1.165, 1.54) is 0 Å². The van der Waals surface area contributed by atoms with Crippen molar-refractivity contribution in [1.82, 2.24) is 5.32 Å². The number of benzene rings is 2. The van der Waals surface area contributed by atoms with Crippen molar-refractivity contribution in [3.05, 3.63) is 64.7 Å². The van der Waals surface area contributed by atoms with Gasteiger partial charge in [-0.25, -0.2) is 0 Å². The molecule has 0 fully saturated rings. The van der Waals surface area contributed by atoms with Crippen LogP contribution in [0, 0.1) is 6.92 Å². The van der Waals surface area contributed by atoms with E-state index in [2.05, 4.69) is 10.6 Å². The third kappa shape index (κ3) is 5.11. The molecule has 0 atom stereocenters. The predicted molar refractivity (Wildman–Crippen MR) is 92.8 cm³/mol. The molecule has 0 heterocycles. The summed E-state index contributed by atoms with van der Waals surface area (Å²) >= 11 is 6.02. The van der Waals surface area contributed by atoms with Crippen molar-refractivity contribution in [2.45, 2.75) is 19.8 Å². The molecule has 0 aliphatic carbocycles. The van der Waals surface area contributed by atoms with Crippen molar-refractivity contribution < 1.29 is 9.59 Å². The van der Waals surface area contributed by atoms with Gasteiger partial charge in [0.15, 0.2) is 0 Å². The molecule has 23 heavy (non-hydrogen) atoms. The first-order valence-electron chi connectivity index (χ1n) is 7.46. The van der Waals surface area contributed by atoms with Crippen molar-refractivity contribution in [2.24, 2.45) is 0 Å². The maximum Gasteiger partial charge on any atom is 0.251 e. The van der Waals surface area contributed by atoms with Crippen LogP contribution in [0.2, 0.25) is 5.02 Å². The number of rotatable bonds is 6. The van der Waals surface area contributed by atoms with Gasteiger partial charge in [-0.15, -0.1) is 0 Å². The molecule has 0 aliphatic heterocycles. The third-order valence-corrected chi connectivity index (χ3v) is 3.85. The molecular weight excluding hydrogens is 312 g/mol. The highest BCUT2D eigenvalue weighted by Crippen LogP contribution is 2.22. The van der Waals surface area contributed by atoms with Crippen molar-refractivity contribution in [2.75, 3.05) is 11.9 Å². The molecule has 2 rings (SSSR count). The number of halogens is 1. The summed E-state index contributed by atoms with van der Waals surface area (Å²) in [6.45, 7) is 2.31. The molecule has 0 radical (unpaired) electrons. The van der Waals surface area contributed by atoms with Gasteiger partial charge in [-0.1, -0.05) is 35.9 Å². The van der Waals surface area contributed by atoms with Crippen molar-refractivity contribution >= 4 is 29.1 Å². The van der Waals surface area contributed by atoms with Crippen molar-refractivity contribution in [1.29, 1.82) is 0 Å². The minimum absolute atomic E-state index is 0.0932. The number of carbonyl (C=O) groups excluding carboxylic acids is 2. The van der Waals surface area contributed by atoms with E-state index < -0.39 is 0 Å². The molecule has 120 valence electrons. The Kier molecular flexibility index (Phi) is 6.18. The second-order valence-electron chi connectivity index (χ2n) is 5.19. The normalized spacial score (nSPS) is 10.2. The van der Waals surface area contributed by atoms with Gasteiger partial charge in [-0.3, -0.25) is 9.59 Å². The van der Waals surface area contributed by atoms with Crippen LogP contribution in [-0.2, 0) is 4.79 Å². The molecule has 0 saturated carbocycles. The molecule has 2 amide bonds. The van der Waals surface area contributed by atoms with Gasteiger partial charge < -0.3 is 10.6 Å². The summed E-state index contributed by atoms with van der Waals surface area (Å²) in [5, 5.41) is 6.26. The van der Waals surface area contributed by atoms with Crippen LogP contribution in [0.15, 0.2) is 48.5 Å². The monoisotopic (exact) mass is 330 g/mol. The Morgan fingerprint density at radius 3 is 2.52 bits per heavy atom. The molecular formula is C18H19ClN2O2. The molecule has 0 spiro atoms. The lowest BCUT2D eigenvalue weighted by Gasteiger charge is -2.09. The Hall–Kier alpha value is -2.33. The van der Waals surface area contributed by atoms with E-state index in [1.54, 1.807) is 24.3 Å². The van der Waals surface area contributed by atoms with Gasteiger partial charge >= 0.3 is 0 Å². The number of anilines is 1. The lowest BCUT2D eigenvalue weighted by Crippen LogP contribution is -2.25. The Morgan fingerprint density at radius 2 is 1.78 bits per heavy atom. The third-order valence-electron chi connectivity index (χ3n) is 3.44. The lowest BCUT2D eigenvalue weighted by atomic mass is 10.2. The van der Waals surface area contributed by atoms with E-state index in [0.29, 0.717) is 30.0 Å². The maximum absolute atomic E-state index is 11.9. The minimum atomic E-state index is -0.128. The Balaban J connectivity index is 1.73. The molecule has 0 aliphatic rings. The van der Waals surface area contributed by atoms with Gasteiger partial charge in [-0.05, 0) is 43.2 Å². The minimum Gasteiger partial charge on any atom is -0.352 e. The Bertz CT molecular complexity index is 687. The van der Waals surface area contributed by atoms with E-state index >= 15 is 0 Å². The molecule has 2 N–H and O–H groups in total. The second-order valence-corrected chi connectivity index (χ2v) is 5.59. The maximum atomic E-state index is 11.9. The summed E-state index contributed by atoms with van der Waals surface area (Å²) in [6.07, 6.45) is 0.908. The zero-order valence-electron chi connectivity index (χ0n) is 12.9. The first kappa shape index (κ1) is 17.0. The molecule has 2 aromatic rings. The van der Waals surface area contributed by atoms with Gasteiger partial charge in [0.25, 0.3) is 5.91 Å². The van der Waals surface area contributed by atoms with Crippen LogP contribution >= 0.6 is 11.6 Å². The fraction of sp³-hybridized carbons (Fsp3) is 0.222. The van der Waals surface area contributed by atoms with Crippen molar-refractivity contribution in [3.8, 4) is 0 Å². The second kappa shape index (κ2) is 8.34. The number of carbonyl (C=O) groups is 2. The summed E-state index contributed by atoms with van der Waals surface area (Å²) < 4.78 is 0. The smallest absolute Gasteiger partial charge is 0.251 e. The van der Waals surface area contributed by atoms with E-state index in [4.69, 9.17) is 11.6 Å². The molecule has 0 bridgehead atoms. The largest absolute Gasteiger partial charge is 0.352 e. The summed E-state index contributed by atoms with van der Waals surface area (Å²) in [6, 6.07) is 14.4. The van der Waals surface area contributed by atoms with Crippen LogP contribution in [0.25, 0.3) is 0 Å². The SMILES string of the molecule is Cc1c(Cl)cccc1NC(=O)CCCNC(=O)c1ccccc1. The molecule has 4 nitrogen and oxygen atoms in total. The van der Waals surface area contributed by atoms with Crippen LogP contribution in [0.3, 0.4) is 0 Å². The fourth-order valence-electron chi connectivity index (χ4n) is 2.10. The first-order valence-corrected chi connectivity index (χ1v) is 7.84. The van der Waals surface area contributed by atoms with Gasteiger partial charge in [0.05, 0.1) is 0 Å².